The van der Waals surface area contributed by atoms with Gasteiger partial charge in [0.05, 0.1) is 6.42 Å². The van der Waals surface area contributed by atoms with E-state index in [2.05, 4.69) is 20.8 Å². The lowest BCUT2D eigenvalue weighted by Crippen LogP contribution is -2.15. The third kappa shape index (κ3) is 8.92. The molecule has 19 heavy (non-hydrogen) atoms. The number of unbranched alkanes of at least 4 members (excludes halogenated alkanes) is 1. The van der Waals surface area contributed by atoms with E-state index in [-0.39, 0.29) is 6.42 Å². The number of aliphatic carboxylic acids is 1. The number of hydrogen-bond donors (Lipinski definition) is 1. The van der Waals surface area contributed by atoms with Crippen LogP contribution in [0.1, 0.15) is 59.3 Å². The molecule has 0 aliphatic heterocycles. The van der Waals surface area contributed by atoms with E-state index in [9.17, 15) is 9.59 Å². The summed E-state index contributed by atoms with van der Waals surface area (Å²) in [5.41, 5.74) is -0.136. The van der Waals surface area contributed by atoms with E-state index in [1.54, 1.807) is 0 Å². The molecule has 112 valence electrons. The Bertz CT molecular complexity index is 264. The van der Waals surface area contributed by atoms with E-state index in [0.29, 0.717) is 11.9 Å². The van der Waals surface area contributed by atoms with Crippen LogP contribution in [-0.4, -0.2) is 28.7 Å². The highest BCUT2D eigenvalue weighted by molar-refractivity contribution is 7.99. The van der Waals surface area contributed by atoms with Crippen molar-refractivity contribution in [1.82, 2.24) is 0 Å². The highest BCUT2D eigenvalue weighted by Crippen LogP contribution is 2.32. The molecule has 4 nitrogen and oxygen atoms in total. The normalized spacial score (nSPS) is 13.0. The lowest BCUT2D eigenvalue weighted by atomic mass is 9.80. The van der Waals surface area contributed by atoms with E-state index in [1.807, 2.05) is 0 Å². The Morgan fingerprint density at radius 3 is 2.47 bits per heavy atom. The zero-order chi connectivity index (χ0) is 14.7. The van der Waals surface area contributed by atoms with Gasteiger partial charge in [0, 0.05) is 0 Å². The predicted octanol–water partition coefficient (Wildman–Crippen LogP) is 3.69. The Balaban J connectivity index is 3.81. The number of ether oxygens (including phenoxy) is 1. The van der Waals surface area contributed by atoms with Crippen LogP contribution < -0.4 is 0 Å². The summed E-state index contributed by atoms with van der Waals surface area (Å²) in [5, 5.41) is 8.67. The maximum absolute atomic E-state index is 10.6. The number of hydrogen-bond acceptors (Lipinski definition) is 4. The third-order valence-electron chi connectivity index (χ3n) is 3.73. The molecule has 0 rings (SSSR count). The van der Waals surface area contributed by atoms with Crippen LogP contribution in [0.25, 0.3) is 0 Å². The van der Waals surface area contributed by atoms with Crippen LogP contribution in [0.5, 0.6) is 0 Å². The van der Waals surface area contributed by atoms with Crippen molar-refractivity contribution in [2.45, 2.75) is 64.7 Å². The molecule has 0 saturated carbocycles. The summed E-state index contributed by atoms with van der Waals surface area (Å²) in [4.78, 5) is 20.8. The van der Waals surface area contributed by atoms with Crippen molar-refractivity contribution in [3.63, 3.8) is 0 Å². The van der Waals surface area contributed by atoms with E-state index >= 15 is 0 Å². The minimum atomic E-state index is -0.941. The maximum atomic E-state index is 10.6. The van der Waals surface area contributed by atoms with Crippen molar-refractivity contribution >= 4 is 24.2 Å². The summed E-state index contributed by atoms with van der Waals surface area (Å²) in [6.45, 7) is 7.08. The molecule has 0 aliphatic rings. The van der Waals surface area contributed by atoms with Crippen molar-refractivity contribution in [3.8, 4) is 0 Å². The molecule has 0 aromatic rings. The van der Waals surface area contributed by atoms with Crippen molar-refractivity contribution in [3.05, 3.63) is 0 Å². The average molecular weight is 290 g/mol. The molecule has 0 saturated heterocycles. The van der Waals surface area contributed by atoms with Crippen LogP contribution in [0.4, 0.5) is 0 Å². The maximum Gasteiger partial charge on any atom is 0.308 e. The fourth-order valence-electron chi connectivity index (χ4n) is 1.82. The van der Waals surface area contributed by atoms with Gasteiger partial charge < -0.3 is 9.84 Å². The van der Waals surface area contributed by atoms with Crippen molar-refractivity contribution in [2.75, 3.05) is 5.75 Å². The number of carboxylic acids is 1. The first-order valence-corrected chi connectivity index (χ1v) is 7.94. The highest BCUT2D eigenvalue weighted by atomic mass is 32.2. The van der Waals surface area contributed by atoms with Gasteiger partial charge in [0.1, 0.15) is 0 Å². The van der Waals surface area contributed by atoms with E-state index < -0.39 is 11.4 Å². The van der Waals surface area contributed by atoms with Gasteiger partial charge in [0.2, 0.25) is 0 Å². The molecule has 1 N–H and O–H groups in total. The Labute approximate surface area is 120 Å². The largest absolute Gasteiger partial charge is 0.481 e. The molecular formula is C14H26O4S. The lowest BCUT2D eigenvalue weighted by molar-refractivity contribution is -0.140. The molecule has 0 heterocycles. The van der Waals surface area contributed by atoms with E-state index in [1.165, 1.54) is 31.0 Å². The smallest absolute Gasteiger partial charge is 0.308 e. The minimum absolute atomic E-state index is 0.134. The van der Waals surface area contributed by atoms with Gasteiger partial charge in [0.15, 0.2) is 5.44 Å². The summed E-state index contributed by atoms with van der Waals surface area (Å²) in [7, 11) is 0. The fourth-order valence-corrected chi connectivity index (χ4v) is 2.84. The van der Waals surface area contributed by atoms with Crippen LogP contribution in [-0.2, 0) is 14.3 Å². The summed E-state index contributed by atoms with van der Waals surface area (Å²) in [6.07, 6.45) is 5.59. The molecular weight excluding hydrogens is 264 g/mol. The minimum Gasteiger partial charge on any atom is -0.481 e. The zero-order valence-electron chi connectivity index (χ0n) is 12.2. The first kappa shape index (κ1) is 18.3. The Hall–Kier alpha value is -0.710. The van der Waals surface area contributed by atoms with Gasteiger partial charge in [-0.05, 0) is 24.0 Å². The first-order chi connectivity index (χ1) is 8.97. The Kier molecular flexibility index (Phi) is 9.74. The monoisotopic (exact) mass is 290 g/mol. The molecule has 0 radical (unpaired) electrons. The molecule has 0 spiro atoms. The molecule has 1 atom stereocenters. The molecule has 0 bridgehead atoms. The Morgan fingerprint density at radius 1 is 1.37 bits per heavy atom. The second kappa shape index (κ2) is 10.1. The van der Waals surface area contributed by atoms with Crippen LogP contribution in [0.2, 0.25) is 0 Å². The molecule has 0 aliphatic carbocycles. The lowest BCUT2D eigenvalue weighted by Gasteiger charge is -2.26. The van der Waals surface area contributed by atoms with Crippen LogP contribution >= 0.6 is 11.8 Å². The van der Waals surface area contributed by atoms with Crippen LogP contribution in [0.15, 0.2) is 0 Å². The molecule has 0 aromatic heterocycles. The van der Waals surface area contributed by atoms with Crippen molar-refractivity contribution < 1.29 is 19.4 Å². The number of thioether (sulfide) groups is 1. The molecule has 0 aromatic carbocycles. The quantitative estimate of drug-likeness (QED) is 0.337. The van der Waals surface area contributed by atoms with Crippen LogP contribution in [0.3, 0.4) is 0 Å². The number of carboxylic acid groups (broad SMARTS) is 1. The third-order valence-corrected chi connectivity index (χ3v) is 4.91. The second-order valence-corrected chi connectivity index (χ2v) is 6.37. The first-order valence-electron chi connectivity index (χ1n) is 6.90. The topological polar surface area (TPSA) is 63.6 Å². The SMILES string of the molecule is CCC(C)(CC)CCCCSC(CC(=O)O)OC=O. The van der Waals surface area contributed by atoms with Gasteiger partial charge in [-0.25, -0.2) is 0 Å². The van der Waals surface area contributed by atoms with Gasteiger partial charge in [-0.2, -0.15) is 0 Å². The van der Waals surface area contributed by atoms with Crippen LogP contribution in [0, 0.1) is 5.41 Å². The average Bonchev–Trinajstić information content (AvgIpc) is 2.37. The molecule has 5 heteroatoms. The predicted molar refractivity (Wildman–Crippen MR) is 78.2 cm³/mol. The zero-order valence-corrected chi connectivity index (χ0v) is 13.0. The summed E-state index contributed by atoms with van der Waals surface area (Å²) < 4.78 is 4.74. The summed E-state index contributed by atoms with van der Waals surface area (Å²) in [5.74, 6) is -0.112. The fraction of sp³-hybridized carbons (Fsp3) is 0.857. The summed E-state index contributed by atoms with van der Waals surface area (Å²) >= 11 is 1.41. The van der Waals surface area contributed by atoms with Gasteiger partial charge in [-0.1, -0.05) is 40.0 Å². The van der Waals surface area contributed by atoms with E-state index in [0.717, 1.165) is 18.6 Å². The second-order valence-electron chi connectivity index (χ2n) is 5.11. The molecule has 1 unspecified atom stereocenters. The number of carbonyl (C=O) groups excluding carboxylic acids is 1. The highest BCUT2D eigenvalue weighted by Gasteiger charge is 2.19. The van der Waals surface area contributed by atoms with Gasteiger partial charge >= 0.3 is 5.97 Å². The van der Waals surface area contributed by atoms with Crippen molar-refractivity contribution in [2.24, 2.45) is 5.41 Å². The number of carbonyl (C=O) groups is 2. The molecule has 0 amide bonds. The van der Waals surface area contributed by atoms with Gasteiger partial charge in [-0.3, -0.25) is 9.59 Å². The summed E-state index contributed by atoms with van der Waals surface area (Å²) in [6, 6.07) is 0. The standard InChI is InChI=1S/C14H26O4S/c1-4-14(3,5-2)8-6-7-9-19-13(18-11-15)10-12(16)17/h11,13H,4-10H2,1-3H3,(H,16,17). The number of rotatable bonds is 12. The Morgan fingerprint density at radius 2 is 2.00 bits per heavy atom. The molecule has 0 fully saturated rings. The van der Waals surface area contributed by atoms with Gasteiger partial charge in [-0.15, -0.1) is 11.8 Å². The van der Waals surface area contributed by atoms with E-state index in [4.69, 9.17) is 9.84 Å². The van der Waals surface area contributed by atoms with Crippen molar-refractivity contribution in [1.29, 1.82) is 0 Å². The van der Waals surface area contributed by atoms with Gasteiger partial charge in [0.25, 0.3) is 6.47 Å².